The third-order valence-electron chi connectivity index (χ3n) is 6.71. The number of sulfonamides is 1. The van der Waals surface area contributed by atoms with E-state index in [0.717, 1.165) is 31.5 Å². The zero-order chi connectivity index (χ0) is 22.2. The number of aryl methyl sites for hydroxylation is 1. The van der Waals surface area contributed by atoms with Crippen LogP contribution in [0.5, 0.6) is 0 Å². The summed E-state index contributed by atoms with van der Waals surface area (Å²) in [6, 6.07) is 12.9. The molecule has 168 valence electrons. The van der Waals surface area contributed by atoms with Crippen molar-refractivity contribution in [2.45, 2.75) is 49.1 Å². The number of hydrogen-bond acceptors (Lipinski definition) is 4. The summed E-state index contributed by atoms with van der Waals surface area (Å²) < 4.78 is 27.9. The van der Waals surface area contributed by atoms with Crippen molar-refractivity contribution in [1.29, 1.82) is 0 Å². The van der Waals surface area contributed by atoms with Crippen LogP contribution in [0.15, 0.2) is 47.4 Å². The molecule has 0 spiro atoms. The summed E-state index contributed by atoms with van der Waals surface area (Å²) in [5.74, 6) is 0. The summed E-state index contributed by atoms with van der Waals surface area (Å²) in [5.41, 5.74) is 0.756. The number of hydrogen-bond donors (Lipinski definition) is 1. The maximum absolute atomic E-state index is 13.2. The molecule has 0 bridgehead atoms. The van der Waals surface area contributed by atoms with Crippen LogP contribution in [0.4, 0.5) is 0 Å². The summed E-state index contributed by atoms with van der Waals surface area (Å²) >= 11 is 12.2. The third kappa shape index (κ3) is 4.65. The van der Waals surface area contributed by atoms with Gasteiger partial charge in [0.1, 0.15) is 4.90 Å². The van der Waals surface area contributed by atoms with E-state index in [1.165, 1.54) is 0 Å². The van der Waals surface area contributed by atoms with Crippen LogP contribution in [0.1, 0.15) is 36.8 Å². The zero-order valence-corrected chi connectivity index (χ0v) is 19.9. The van der Waals surface area contributed by atoms with Crippen LogP contribution in [0, 0.1) is 6.92 Å². The highest BCUT2D eigenvalue weighted by Gasteiger charge is 2.38. The van der Waals surface area contributed by atoms with Crippen molar-refractivity contribution in [2.75, 3.05) is 26.2 Å². The van der Waals surface area contributed by atoms with Gasteiger partial charge in [-0.2, -0.15) is 4.31 Å². The number of benzene rings is 2. The summed E-state index contributed by atoms with van der Waals surface area (Å²) in [7, 11) is -3.60. The Hall–Kier alpha value is -1.15. The van der Waals surface area contributed by atoms with E-state index in [0.29, 0.717) is 42.6 Å². The lowest BCUT2D eigenvalue weighted by atomic mass is 9.83. The van der Waals surface area contributed by atoms with Crippen LogP contribution in [0.3, 0.4) is 0 Å². The van der Waals surface area contributed by atoms with Gasteiger partial charge in [-0.15, -0.1) is 0 Å². The average Bonchev–Trinajstić information content (AvgIpc) is 2.74. The molecule has 2 aliphatic heterocycles. The van der Waals surface area contributed by atoms with E-state index in [1.54, 1.807) is 29.4 Å². The molecular weight excluding hydrogens is 455 g/mol. The monoisotopic (exact) mass is 482 g/mol. The predicted molar refractivity (Wildman–Crippen MR) is 124 cm³/mol. The molecule has 1 N–H and O–H groups in total. The highest BCUT2D eigenvalue weighted by Crippen LogP contribution is 2.36. The Morgan fingerprint density at radius 1 is 0.968 bits per heavy atom. The molecule has 5 nitrogen and oxygen atoms in total. The Morgan fingerprint density at radius 2 is 1.58 bits per heavy atom. The Morgan fingerprint density at radius 3 is 2.16 bits per heavy atom. The minimum Gasteiger partial charge on any atom is -0.385 e. The van der Waals surface area contributed by atoms with Gasteiger partial charge in [0, 0.05) is 37.2 Å². The van der Waals surface area contributed by atoms with Gasteiger partial charge in [-0.1, -0.05) is 47.5 Å². The molecule has 2 saturated heterocycles. The molecule has 4 rings (SSSR count). The fourth-order valence-corrected chi connectivity index (χ4v) is 7.21. The smallest absolute Gasteiger partial charge is 0.244 e. The normalized spacial score (nSPS) is 21.3. The second-order valence-electron chi connectivity index (χ2n) is 8.60. The lowest BCUT2D eigenvalue weighted by molar-refractivity contribution is -0.0400. The lowest BCUT2D eigenvalue weighted by Crippen LogP contribution is -2.51. The molecule has 0 unspecified atom stereocenters. The molecule has 2 aromatic rings. The average molecular weight is 483 g/mol. The van der Waals surface area contributed by atoms with Gasteiger partial charge in [-0.05, 0) is 61.9 Å². The molecule has 0 amide bonds. The molecule has 2 heterocycles. The van der Waals surface area contributed by atoms with Crippen molar-refractivity contribution >= 4 is 33.2 Å². The van der Waals surface area contributed by atoms with Crippen molar-refractivity contribution in [3.05, 3.63) is 63.6 Å². The molecule has 0 aliphatic carbocycles. The number of halogens is 2. The van der Waals surface area contributed by atoms with E-state index in [4.69, 9.17) is 23.2 Å². The van der Waals surface area contributed by atoms with Crippen molar-refractivity contribution < 1.29 is 13.5 Å². The van der Waals surface area contributed by atoms with Crippen molar-refractivity contribution in [3.8, 4) is 0 Å². The van der Waals surface area contributed by atoms with E-state index in [-0.39, 0.29) is 9.92 Å². The third-order valence-corrected chi connectivity index (χ3v) is 9.49. The summed E-state index contributed by atoms with van der Waals surface area (Å²) in [4.78, 5) is 2.62. The summed E-state index contributed by atoms with van der Waals surface area (Å²) in [6.07, 6.45) is 2.88. The largest absolute Gasteiger partial charge is 0.385 e. The second kappa shape index (κ2) is 9.00. The molecule has 2 fully saturated rings. The first-order chi connectivity index (χ1) is 14.7. The highest BCUT2D eigenvalue weighted by atomic mass is 35.5. The van der Waals surface area contributed by atoms with E-state index in [1.807, 2.05) is 24.3 Å². The van der Waals surface area contributed by atoms with E-state index < -0.39 is 15.6 Å². The van der Waals surface area contributed by atoms with Crippen LogP contribution in [-0.2, 0) is 15.6 Å². The van der Waals surface area contributed by atoms with Gasteiger partial charge in [0.15, 0.2) is 0 Å². The molecule has 0 saturated carbocycles. The summed E-state index contributed by atoms with van der Waals surface area (Å²) in [5, 5.41) is 12.0. The van der Waals surface area contributed by atoms with Crippen LogP contribution < -0.4 is 0 Å². The van der Waals surface area contributed by atoms with E-state index in [2.05, 4.69) is 4.90 Å². The highest BCUT2D eigenvalue weighted by molar-refractivity contribution is 7.89. The zero-order valence-electron chi connectivity index (χ0n) is 17.6. The van der Waals surface area contributed by atoms with E-state index in [9.17, 15) is 13.5 Å². The van der Waals surface area contributed by atoms with Gasteiger partial charge in [0.05, 0.1) is 10.6 Å². The van der Waals surface area contributed by atoms with Gasteiger partial charge in [-0.3, -0.25) is 0 Å². The number of nitrogens with zero attached hydrogens (tertiary/aromatic N) is 2. The van der Waals surface area contributed by atoms with Crippen molar-refractivity contribution in [3.63, 3.8) is 0 Å². The minimum absolute atomic E-state index is 0.223. The fraction of sp³-hybridized carbons (Fsp3) is 0.478. The first kappa shape index (κ1) is 23.0. The van der Waals surface area contributed by atoms with Crippen molar-refractivity contribution in [2.24, 2.45) is 0 Å². The van der Waals surface area contributed by atoms with Gasteiger partial charge in [-0.25, -0.2) is 8.42 Å². The molecular formula is C23H28Cl2N2O3S. The standard InChI is InChI=1S/C23H28Cl2N2O3S/c1-17-3-2-4-21(25)22(17)31(29,30)27-13-9-20(10-14-27)26-15-11-23(28,12-16-26)18-5-7-19(24)8-6-18/h2-8,20,28H,9-16H2,1H3. The molecule has 8 heteroatoms. The Bertz CT molecular complexity index is 1010. The van der Waals surface area contributed by atoms with Gasteiger partial charge in [0.2, 0.25) is 10.0 Å². The van der Waals surface area contributed by atoms with Crippen LogP contribution >= 0.6 is 23.2 Å². The first-order valence-corrected chi connectivity index (χ1v) is 12.9. The Balaban J connectivity index is 1.37. The van der Waals surface area contributed by atoms with Gasteiger partial charge < -0.3 is 10.0 Å². The lowest BCUT2D eigenvalue weighted by Gasteiger charge is -2.44. The molecule has 0 aromatic heterocycles. The van der Waals surface area contributed by atoms with E-state index >= 15 is 0 Å². The topological polar surface area (TPSA) is 60.9 Å². The van der Waals surface area contributed by atoms with Gasteiger partial charge in [0.25, 0.3) is 0 Å². The number of piperidine rings is 2. The van der Waals surface area contributed by atoms with Crippen LogP contribution in [0.2, 0.25) is 10.0 Å². The molecule has 2 aliphatic rings. The second-order valence-corrected chi connectivity index (χ2v) is 11.3. The first-order valence-electron chi connectivity index (χ1n) is 10.7. The van der Waals surface area contributed by atoms with Gasteiger partial charge >= 0.3 is 0 Å². The van der Waals surface area contributed by atoms with Crippen LogP contribution in [-0.4, -0.2) is 55.0 Å². The SMILES string of the molecule is Cc1cccc(Cl)c1S(=O)(=O)N1CCC(N2CCC(O)(c3ccc(Cl)cc3)CC2)CC1. The number of aliphatic hydroxyl groups is 1. The maximum atomic E-state index is 13.2. The molecule has 2 aromatic carbocycles. The Kier molecular flexibility index (Phi) is 6.69. The van der Waals surface area contributed by atoms with Crippen LogP contribution in [0.25, 0.3) is 0 Å². The number of rotatable bonds is 4. The molecule has 31 heavy (non-hydrogen) atoms. The maximum Gasteiger partial charge on any atom is 0.244 e. The van der Waals surface area contributed by atoms with Crippen molar-refractivity contribution in [1.82, 2.24) is 9.21 Å². The summed E-state index contributed by atoms with van der Waals surface area (Å²) in [6.45, 7) is 4.33. The minimum atomic E-state index is -3.60. The Labute approximate surface area is 194 Å². The quantitative estimate of drug-likeness (QED) is 0.699. The fourth-order valence-electron chi connectivity index (χ4n) is 4.83. The predicted octanol–water partition coefficient (Wildman–Crippen LogP) is 4.44. The molecule has 0 atom stereocenters. The molecule has 0 radical (unpaired) electrons. The number of likely N-dealkylation sites (tertiary alicyclic amines) is 1.